The first kappa shape index (κ1) is 27.2. The van der Waals surface area contributed by atoms with Gasteiger partial charge in [-0.2, -0.15) is 0 Å². The summed E-state index contributed by atoms with van der Waals surface area (Å²) in [4.78, 5) is 31.5. The molecule has 4 rings (SSSR count). The number of amides is 2. The number of hydrogen-bond acceptors (Lipinski definition) is 4. The van der Waals surface area contributed by atoms with Gasteiger partial charge in [0.1, 0.15) is 23.9 Å². The Balaban J connectivity index is 1.47. The fourth-order valence-corrected chi connectivity index (χ4v) is 4.54. The van der Waals surface area contributed by atoms with Gasteiger partial charge in [-0.1, -0.05) is 71.7 Å². The van der Waals surface area contributed by atoms with Crippen LogP contribution in [0.3, 0.4) is 0 Å². The Hall–Kier alpha value is -3.87. The standard InChI is InChI=1S/C30H27Cl2N3O3/c1-19-12-14-22-10-7-11-26(29(22)33-19)38-18-23-24(31)15-16-25(28(23)32)35(3)30(37)20(2)34-27(36)17-13-21-8-5-4-6-9-21/h4-17,20H,18H2,1-3H3,(H,34,36). The van der Waals surface area contributed by atoms with Gasteiger partial charge in [-0.05, 0) is 49.8 Å². The molecule has 0 fully saturated rings. The van der Waals surface area contributed by atoms with E-state index in [-0.39, 0.29) is 18.4 Å². The number of ether oxygens (including phenoxy) is 1. The van der Waals surface area contributed by atoms with Gasteiger partial charge in [0.15, 0.2) is 0 Å². The van der Waals surface area contributed by atoms with E-state index in [9.17, 15) is 9.59 Å². The molecule has 0 radical (unpaired) electrons. The van der Waals surface area contributed by atoms with Crippen molar-refractivity contribution in [1.82, 2.24) is 10.3 Å². The maximum absolute atomic E-state index is 13.1. The summed E-state index contributed by atoms with van der Waals surface area (Å²) in [5.41, 5.74) is 3.50. The van der Waals surface area contributed by atoms with E-state index < -0.39 is 6.04 Å². The number of pyridine rings is 1. The van der Waals surface area contributed by atoms with Crippen LogP contribution in [0.25, 0.3) is 17.0 Å². The lowest BCUT2D eigenvalue weighted by Gasteiger charge is -2.24. The van der Waals surface area contributed by atoms with E-state index in [2.05, 4.69) is 10.3 Å². The van der Waals surface area contributed by atoms with Crippen LogP contribution in [-0.2, 0) is 16.2 Å². The predicted molar refractivity (Wildman–Crippen MR) is 154 cm³/mol. The van der Waals surface area contributed by atoms with Crippen molar-refractivity contribution in [2.45, 2.75) is 26.5 Å². The normalized spacial score (nSPS) is 11.9. The summed E-state index contributed by atoms with van der Waals surface area (Å²) in [5.74, 6) is -0.109. The summed E-state index contributed by atoms with van der Waals surface area (Å²) in [5, 5.41) is 4.36. The minimum absolute atomic E-state index is 0.0822. The van der Waals surface area contributed by atoms with E-state index >= 15 is 0 Å². The zero-order valence-corrected chi connectivity index (χ0v) is 22.8. The van der Waals surface area contributed by atoms with Crippen LogP contribution in [0.1, 0.15) is 23.7 Å². The van der Waals surface area contributed by atoms with Gasteiger partial charge in [0.2, 0.25) is 11.8 Å². The molecule has 2 amide bonds. The number of aromatic nitrogens is 1. The Morgan fingerprint density at radius 2 is 1.79 bits per heavy atom. The van der Waals surface area contributed by atoms with Gasteiger partial charge in [-0.3, -0.25) is 9.59 Å². The number of para-hydroxylation sites is 1. The lowest BCUT2D eigenvalue weighted by Crippen LogP contribution is -2.45. The number of carbonyl (C=O) groups excluding carboxylic acids is 2. The van der Waals surface area contributed by atoms with Crippen molar-refractivity contribution in [1.29, 1.82) is 0 Å². The zero-order chi connectivity index (χ0) is 27.2. The van der Waals surface area contributed by atoms with Crippen molar-refractivity contribution in [2.75, 3.05) is 11.9 Å². The number of fused-ring (bicyclic) bond motifs is 1. The third-order valence-corrected chi connectivity index (χ3v) is 6.78. The molecule has 0 saturated heterocycles. The van der Waals surface area contributed by atoms with Crippen LogP contribution in [0.4, 0.5) is 5.69 Å². The van der Waals surface area contributed by atoms with Crippen molar-refractivity contribution in [2.24, 2.45) is 0 Å². The molecule has 0 spiro atoms. The van der Waals surface area contributed by atoms with Gasteiger partial charge >= 0.3 is 0 Å². The first-order chi connectivity index (χ1) is 18.2. The highest BCUT2D eigenvalue weighted by atomic mass is 35.5. The lowest BCUT2D eigenvalue weighted by atomic mass is 10.1. The SMILES string of the molecule is Cc1ccc2cccc(OCc3c(Cl)ccc(N(C)C(=O)C(C)NC(=O)C=Cc4ccccc4)c3Cl)c2n1. The second-order valence-corrected chi connectivity index (χ2v) is 9.58. The number of aryl methyl sites for hydroxylation is 1. The molecule has 1 heterocycles. The van der Waals surface area contributed by atoms with Crippen molar-refractivity contribution in [3.05, 3.63) is 106 Å². The van der Waals surface area contributed by atoms with Crippen molar-refractivity contribution >= 4 is 57.7 Å². The molecule has 1 atom stereocenters. The maximum atomic E-state index is 13.1. The number of anilines is 1. The molecule has 4 aromatic rings. The average Bonchev–Trinajstić information content (AvgIpc) is 2.91. The number of nitrogens with one attached hydrogen (secondary N) is 1. The largest absolute Gasteiger partial charge is 0.487 e. The van der Waals surface area contributed by atoms with E-state index in [0.29, 0.717) is 27.0 Å². The summed E-state index contributed by atoms with van der Waals surface area (Å²) in [6, 6.07) is 21.6. The Bertz CT molecular complexity index is 1510. The number of hydrogen-bond donors (Lipinski definition) is 1. The average molecular weight is 548 g/mol. The highest BCUT2D eigenvalue weighted by molar-refractivity contribution is 6.38. The van der Waals surface area contributed by atoms with Crippen LogP contribution in [0.5, 0.6) is 5.75 Å². The first-order valence-electron chi connectivity index (χ1n) is 12.0. The predicted octanol–water partition coefficient (Wildman–Crippen LogP) is 6.61. The monoisotopic (exact) mass is 547 g/mol. The highest BCUT2D eigenvalue weighted by Crippen LogP contribution is 2.35. The highest BCUT2D eigenvalue weighted by Gasteiger charge is 2.23. The summed E-state index contributed by atoms with van der Waals surface area (Å²) in [6.07, 6.45) is 3.08. The smallest absolute Gasteiger partial charge is 0.249 e. The minimum Gasteiger partial charge on any atom is -0.487 e. The summed E-state index contributed by atoms with van der Waals surface area (Å²) in [6.45, 7) is 3.62. The maximum Gasteiger partial charge on any atom is 0.249 e. The van der Waals surface area contributed by atoms with E-state index in [4.69, 9.17) is 27.9 Å². The second kappa shape index (κ2) is 12.1. The van der Waals surface area contributed by atoms with E-state index in [1.165, 1.54) is 11.0 Å². The molecule has 194 valence electrons. The Morgan fingerprint density at radius 3 is 2.55 bits per heavy atom. The summed E-state index contributed by atoms with van der Waals surface area (Å²) >= 11 is 13.2. The molecule has 0 aliphatic rings. The van der Waals surface area contributed by atoms with Crippen molar-refractivity contribution in [3.8, 4) is 5.75 Å². The second-order valence-electron chi connectivity index (χ2n) is 8.80. The Kier molecular flexibility index (Phi) is 8.66. The third kappa shape index (κ3) is 6.33. The molecular weight excluding hydrogens is 521 g/mol. The topological polar surface area (TPSA) is 71.5 Å². The third-order valence-electron chi connectivity index (χ3n) is 6.01. The number of rotatable bonds is 8. The number of benzene rings is 3. The first-order valence-corrected chi connectivity index (χ1v) is 12.8. The molecule has 0 bridgehead atoms. The van der Waals surface area contributed by atoms with Crippen LogP contribution in [-0.4, -0.2) is 29.9 Å². The van der Waals surface area contributed by atoms with Gasteiger partial charge in [0.05, 0.1) is 10.7 Å². The Morgan fingerprint density at radius 1 is 1.03 bits per heavy atom. The quantitative estimate of drug-likeness (QED) is 0.252. The molecular formula is C30H27Cl2N3O3. The van der Waals surface area contributed by atoms with E-state index in [1.807, 2.05) is 67.6 Å². The van der Waals surface area contributed by atoms with Gasteiger partial charge in [0, 0.05) is 34.8 Å². The molecule has 0 aliphatic heterocycles. The van der Waals surface area contributed by atoms with Crippen LogP contribution >= 0.6 is 23.2 Å². The number of likely N-dealkylation sites (N-methyl/N-ethyl adjacent to an activating group) is 1. The van der Waals surface area contributed by atoms with E-state index in [0.717, 1.165) is 22.2 Å². The van der Waals surface area contributed by atoms with Crippen LogP contribution in [0.2, 0.25) is 10.0 Å². The molecule has 38 heavy (non-hydrogen) atoms. The van der Waals surface area contributed by atoms with E-state index in [1.54, 1.807) is 32.2 Å². The fourth-order valence-electron chi connectivity index (χ4n) is 3.93. The minimum atomic E-state index is -0.788. The molecule has 1 N–H and O–H groups in total. The van der Waals surface area contributed by atoms with Crippen molar-refractivity contribution < 1.29 is 14.3 Å². The number of halogens is 2. The molecule has 1 unspecified atom stereocenters. The summed E-state index contributed by atoms with van der Waals surface area (Å²) in [7, 11) is 1.60. The molecule has 1 aromatic heterocycles. The molecule has 3 aromatic carbocycles. The fraction of sp³-hybridized carbons (Fsp3) is 0.167. The van der Waals surface area contributed by atoms with Gasteiger partial charge in [-0.15, -0.1) is 0 Å². The number of nitrogens with zero attached hydrogens (tertiary/aromatic N) is 2. The number of carbonyl (C=O) groups is 2. The van der Waals surface area contributed by atoms with Crippen LogP contribution < -0.4 is 15.0 Å². The van der Waals surface area contributed by atoms with Crippen molar-refractivity contribution in [3.63, 3.8) is 0 Å². The molecule has 8 heteroatoms. The molecule has 0 saturated carbocycles. The van der Waals surface area contributed by atoms with Gasteiger partial charge < -0.3 is 15.0 Å². The molecule has 6 nitrogen and oxygen atoms in total. The Labute approximate surface area is 231 Å². The molecule has 0 aliphatic carbocycles. The van der Waals surface area contributed by atoms with Gasteiger partial charge in [0.25, 0.3) is 0 Å². The van der Waals surface area contributed by atoms with Crippen LogP contribution in [0.15, 0.2) is 78.9 Å². The lowest BCUT2D eigenvalue weighted by molar-refractivity contribution is -0.124. The summed E-state index contributed by atoms with van der Waals surface area (Å²) < 4.78 is 6.08. The van der Waals surface area contributed by atoms with Gasteiger partial charge in [-0.25, -0.2) is 4.98 Å². The zero-order valence-electron chi connectivity index (χ0n) is 21.2. The van der Waals surface area contributed by atoms with Crippen LogP contribution in [0, 0.1) is 6.92 Å².